The summed E-state index contributed by atoms with van der Waals surface area (Å²) in [7, 11) is 3.77. The number of aldehydes is 1. The fraction of sp³-hybridized carbons (Fsp3) is 0.640. The molecular formula is C25H37N5O3. The molecular weight excluding hydrogens is 418 g/mol. The van der Waals surface area contributed by atoms with Crippen molar-refractivity contribution < 1.29 is 14.4 Å². The highest BCUT2D eigenvalue weighted by Crippen LogP contribution is 2.30. The zero-order valence-electron chi connectivity index (χ0n) is 20.0. The van der Waals surface area contributed by atoms with Gasteiger partial charge in [0, 0.05) is 64.0 Å². The molecule has 8 heteroatoms. The van der Waals surface area contributed by atoms with Crippen LogP contribution in [0.4, 0.5) is 5.69 Å². The molecule has 0 bridgehead atoms. The maximum atomic E-state index is 13.0. The van der Waals surface area contributed by atoms with Crippen LogP contribution in [0.2, 0.25) is 0 Å². The van der Waals surface area contributed by atoms with E-state index >= 15 is 0 Å². The predicted octanol–water partition coefficient (Wildman–Crippen LogP) is 1.20. The van der Waals surface area contributed by atoms with Gasteiger partial charge in [-0.25, -0.2) is 0 Å². The van der Waals surface area contributed by atoms with Crippen molar-refractivity contribution in [2.45, 2.75) is 38.3 Å². The number of piperidine rings is 1. The quantitative estimate of drug-likeness (QED) is 0.594. The molecule has 2 fully saturated rings. The van der Waals surface area contributed by atoms with E-state index in [1.807, 2.05) is 12.1 Å². The van der Waals surface area contributed by atoms with Crippen molar-refractivity contribution in [1.29, 1.82) is 0 Å². The van der Waals surface area contributed by atoms with E-state index in [2.05, 4.69) is 33.1 Å². The van der Waals surface area contributed by atoms with Crippen molar-refractivity contribution in [3.05, 3.63) is 29.3 Å². The van der Waals surface area contributed by atoms with Crippen LogP contribution < -0.4 is 10.2 Å². The lowest BCUT2D eigenvalue weighted by Crippen LogP contribution is -2.48. The first-order valence-corrected chi connectivity index (χ1v) is 12.2. The van der Waals surface area contributed by atoms with Gasteiger partial charge < -0.3 is 24.8 Å². The number of fused-ring (bicyclic) bond motifs is 1. The Kier molecular flexibility index (Phi) is 7.65. The van der Waals surface area contributed by atoms with Gasteiger partial charge in [-0.3, -0.25) is 14.5 Å². The van der Waals surface area contributed by atoms with E-state index in [1.165, 1.54) is 32.5 Å². The molecule has 3 heterocycles. The standard InChI is InChI=1S/C25H37N5O3/c1-26-24(32)23(4-3-15-31)30-18-20-16-21(5-6-22(20)25(30)33)29-13-11-28(12-14-29)17-19-7-9-27(2)10-8-19/h5-6,15-16,19,23H,3-4,7-14,17-18H2,1-2H3,(H,26,32). The lowest BCUT2D eigenvalue weighted by molar-refractivity contribution is -0.125. The molecule has 0 radical (unpaired) electrons. The number of nitrogens with one attached hydrogen (secondary N) is 1. The Morgan fingerprint density at radius 1 is 1.15 bits per heavy atom. The summed E-state index contributed by atoms with van der Waals surface area (Å²) in [5, 5.41) is 2.63. The number of likely N-dealkylation sites (N-methyl/N-ethyl adjacent to an activating group) is 1. The SMILES string of the molecule is CNC(=O)C(CCC=O)N1Cc2cc(N3CCN(CC4CCN(C)CC4)CC3)ccc2C1=O. The molecule has 8 nitrogen and oxygen atoms in total. The van der Waals surface area contributed by atoms with Gasteiger partial charge in [0.2, 0.25) is 5.91 Å². The minimum absolute atomic E-state index is 0.126. The van der Waals surface area contributed by atoms with Crippen molar-refractivity contribution in [3.63, 3.8) is 0 Å². The maximum absolute atomic E-state index is 13.0. The molecule has 180 valence electrons. The Morgan fingerprint density at radius 3 is 2.55 bits per heavy atom. The number of anilines is 1. The van der Waals surface area contributed by atoms with Crippen LogP contribution in [0.5, 0.6) is 0 Å². The number of rotatable bonds is 8. The number of carbonyl (C=O) groups is 3. The first-order valence-electron chi connectivity index (χ1n) is 12.2. The van der Waals surface area contributed by atoms with Gasteiger partial charge >= 0.3 is 0 Å². The smallest absolute Gasteiger partial charge is 0.255 e. The topological polar surface area (TPSA) is 76.2 Å². The van der Waals surface area contributed by atoms with Crippen LogP contribution in [0.3, 0.4) is 0 Å². The largest absolute Gasteiger partial charge is 0.369 e. The Hall–Kier alpha value is -2.45. The minimum atomic E-state index is -0.619. The number of carbonyl (C=O) groups excluding carboxylic acids is 3. The molecule has 3 aliphatic rings. The van der Waals surface area contributed by atoms with Crippen LogP contribution in [0, 0.1) is 5.92 Å². The van der Waals surface area contributed by atoms with Crippen LogP contribution >= 0.6 is 0 Å². The first-order chi connectivity index (χ1) is 16.0. The molecule has 0 aromatic heterocycles. The number of piperazine rings is 1. The highest BCUT2D eigenvalue weighted by Gasteiger charge is 2.36. The Balaban J connectivity index is 1.36. The van der Waals surface area contributed by atoms with E-state index in [-0.39, 0.29) is 18.2 Å². The maximum Gasteiger partial charge on any atom is 0.255 e. The summed E-state index contributed by atoms with van der Waals surface area (Å²) < 4.78 is 0. The molecule has 0 spiro atoms. The molecule has 0 aliphatic carbocycles. The number of nitrogens with zero attached hydrogens (tertiary/aromatic N) is 4. The lowest BCUT2D eigenvalue weighted by atomic mass is 9.96. The van der Waals surface area contributed by atoms with E-state index in [1.54, 1.807) is 11.9 Å². The number of benzene rings is 1. The van der Waals surface area contributed by atoms with Crippen LogP contribution in [0.25, 0.3) is 0 Å². The van der Waals surface area contributed by atoms with Gasteiger partial charge in [0.1, 0.15) is 12.3 Å². The van der Waals surface area contributed by atoms with E-state index < -0.39 is 6.04 Å². The van der Waals surface area contributed by atoms with Gasteiger partial charge in [0.25, 0.3) is 5.91 Å². The second-order valence-electron chi connectivity index (χ2n) is 9.68. The van der Waals surface area contributed by atoms with Crippen molar-refractivity contribution in [2.24, 2.45) is 5.92 Å². The summed E-state index contributed by atoms with van der Waals surface area (Å²) in [4.78, 5) is 45.3. The fourth-order valence-electron chi connectivity index (χ4n) is 5.40. The van der Waals surface area contributed by atoms with Crippen LogP contribution in [-0.2, 0) is 16.1 Å². The van der Waals surface area contributed by atoms with Gasteiger partial charge in [0.05, 0.1) is 0 Å². The molecule has 1 unspecified atom stereocenters. The average molecular weight is 456 g/mol. The molecule has 3 aliphatic heterocycles. The zero-order chi connectivity index (χ0) is 23.4. The summed E-state index contributed by atoms with van der Waals surface area (Å²) >= 11 is 0. The summed E-state index contributed by atoms with van der Waals surface area (Å²) in [6.45, 7) is 8.16. The molecule has 4 rings (SSSR count). The molecule has 33 heavy (non-hydrogen) atoms. The summed E-state index contributed by atoms with van der Waals surface area (Å²) in [5.74, 6) is 0.468. The summed E-state index contributed by atoms with van der Waals surface area (Å²) in [6, 6.07) is 5.43. The summed E-state index contributed by atoms with van der Waals surface area (Å²) in [5.41, 5.74) is 2.78. The van der Waals surface area contributed by atoms with E-state index in [0.717, 1.165) is 49.6 Å². The molecule has 1 N–H and O–H groups in total. The Labute approximate surface area is 196 Å². The van der Waals surface area contributed by atoms with Gasteiger partial charge in [0.15, 0.2) is 0 Å². The third-order valence-electron chi connectivity index (χ3n) is 7.50. The molecule has 1 atom stereocenters. The van der Waals surface area contributed by atoms with Crippen molar-refractivity contribution in [1.82, 2.24) is 20.0 Å². The van der Waals surface area contributed by atoms with Crippen molar-refractivity contribution in [3.8, 4) is 0 Å². The van der Waals surface area contributed by atoms with Crippen molar-refractivity contribution in [2.75, 3.05) is 64.8 Å². The minimum Gasteiger partial charge on any atom is -0.369 e. The molecule has 2 saturated heterocycles. The molecule has 1 aromatic carbocycles. The number of amides is 2. The molecule has 0 saturated carbocycles. The highest BCUT2D eigenvalue weighted by atomic mass is 16.2. The van der Waals surface area contributed by atoms with E-state index in [9.17, 15) is 14.4 Å². The van der Waals surface area contributed by atoms with Crippen LogP contribution in [-0.4, -0.2) is 98.8 Å². The van der Waals surface area contributed by atoms with Crippen LogP contribution in [0.15, 0.2) is 18.2 Å². The van der Waals surface area contributed by atoms with E-state index in [4.69, 9.17) is 0 Å². The lowest BCUT2D eigenvalue weighted by Gasteiger charge is -2.39. The highest BCUT2D eigenvalue weighted by molar-refractivity contribution is 6.01. The van der Waals surface area contributed by atoms with Crippen molar-refractivity contribution >= 4 is 23.8 Å². The molecule has 1 aromatic rings. The number of hydrogen-bond donors (Lipinski definition) is 1. The third-order valence-corrected chi connectivity index (χ3v) is 7.50. The van der Waals surface area contributed by atoms with E-state index in [0.29, 0.717) is 18.5 Å². The predicted molar refractivity (Wildman–Crippen MR) is 128 cm³/mol. The second kappa shape index (κ2) is 10.7. The Bertz CT molecular complexity index is 860. The van der Waals surface area contributed by atoms with Gasteiger partial charge in [-0.1, -0.05) is 0 Å². The van der Waals surface area contributed by atoms with Gasteiger partial charge in [-0.05, 0) is 69.1 Å². The monoisotopic (exact) mass is 455 g/mol. The molecule has 2 amide bonds. The first kappa shape index (κ1) is 23.7. The fourth-order valence-corrected chi connectivity index (χ4v) is 5.40. The van der Waals surface area contributed by atoms with Crippen LogP contribution in [0.1, 0.15) is 41.6 Å². The second-order valence-corrected chi connectivity index (χ2v) is 9.68. The van der Waals surface area contributed by atoms with Gasteiger partial charge in [-0.15, -0.1) is 0 Å². The Morgan fingerprint density at radius 2 is 1.88 bits per heavy atom. The van der Waals surface area contributed by atoms with Gasteiger partial charge in [-0.2, -0.15) is 0 Å². The summed E-state index contributed by atoms with van der Waals surface area (Å²) in [6.07, 6.45) is 4.00. The normalized spacial score (nSPS) is 21.2. The zero-order valence-corrected chi connectivity index (χ0v) is 20.0. The number of hydrogen-bond acceptors (Lipinski definition) is 6. The third kappa shape index (κ3) is 5.38. The number of likely N-dealkylation sites (tertiary alicyclic amines) is 1. The average Bonchev–Trinajstić information content (AvgIpc) is 3.16.